The van der Waals surface area contributed by atoms with Crippen LogP contribution in [-0.2, 0) is 30.4 Å². The van der Waals surface area contributed by atoms with E-state index in [-0.39, 0.29) is 31.7 Å². The van der Waals surface area contributed by atoms with Crippen molar-refractivity contribution in [1.82, 2.24) is 19.9 Å². The molecular formula is C34H59N5O5. The van der Waals surface area contributed by atoms with Crippen molar-refractivity contribution in [3.8, 4) is 0 Å². The number of imidazole rings is 1. The van der Waals surface area contributed by atoms with Crippen LogP contribution in [-0.4, -0.2) is 57.2 Å². The molecule has 10 heteroatoms. The van der Waals surface area contributed by atoms with Gasteiger partial charge in [0.05, 0.1) is 12.5 Å². The highest BCUT2D eigenvalue weighted by Gasteiger charge is 2.22. The first kappa shape index (κ1) is 37.6. The molecule has 2 aromatic heterocycles. The van der Waals surface area contributed by atoms with Crippen molar-refractivity contribution in [3.63, 3.8) is 0 Å². The second kappa shape index (κ2) is 23.7. The number of ether oxygens (including phenoxy) is 3. The Morgan fingerprint density at radius 2 is 1.34 bits per heavy atom. The van der Waals surface area contributed by atoms with Gasteiger partial charge in [0, 0.05) is 6.42 Å². The van der Waals surface area contributed by atoms with E-state index in [9.17, 15) is 9.59 Å². The van der Waals surface area contributed by atoms with Gasteiger partial charge in [-0.3, -0.25) is 9.59 Å². The maximum absolute atomic E-state index is 12.4. The molecule has 0 bridgehead atoms. The van der Waals surface area contributed by atoms with E-state index in [4.69, 9.17) is 19.9 Å². The van der Waals surface area contributed by atoms with Gasteiger partial charge < -0.3 is 24.9 Å². The minimum Gasteiger partial charge on any atom is -0.463 e. The van der Waals surface area contributed by atoms with E-state index >= 15 is 0 Å². The van der Waals surface area contributed by atoms with E-state index in [1.807, 2.05) is 13.8 Å². The molecule has 0 aliphatic carbocycles. The van der Waals surface area contributed by atoms with E-state index in [1.165, 1.54) is 89.9 Å². The van der Waals surface area contributed by atoms with Gasteiger partial charge in [-0.25, -0.2) is 15.0 Å². The minimum absolute atomic E-state index is 0.0351. The third kappa shape index (κ3) is 17.0. The van der Waals surface area contributed by atoms with Crippen LogP contribution >= 0.6 is 0 Å². The lowest BCUT2D eigenvalue weighted by atomic mass is 10.0. The maximum atomic E-state index is 12.4. The molecule has 0 aliphatic rings. The van der Waals surface area contributed by atoms with Crippen LogP contribution in [0.4, 0.5) is 0 Å². The van der Waals surface area contributed by atoms with E-state index in [2.05, 4.69) is 26.9 Å². The SMILES string of the molecule is CCCCCCCCCCCCCCCCCCCC(=O)OCC(COC(=O)[C@@H](N)C(C)C)OCc1ncc2[nH]cnc2n1. The normalized spacial score (nSPS) is 12.9. The highest BCUT2D eigenvalue weighted by atomic mass is 16.6. The van der Waals surface area contributed by atoms with E-state index < -0.39 is 18.1 Å². The first-order valence-corrected chi connectivity index (χ1v) is 17.2. The molecule has 0 aromatic carbocycles. The van der Waals surface area contributed by atoms with E-state index in [1.54, 1.807) is 12.5 Å². The fourth-order valence-corrected chi connectivity index (χ4v) is 4.97. The fraction of sp³-hybridized carbons (Fsp3) is 0.794. The number of H-pyrrole nitrogens is 1. The molecule has 10 nitrogen and oxygen atoms in total. The number of rotatable bonds is 27. The summed E-state index contributed by atoms with van der Waals surface area (Å²) < 4.78 is 16.7. The highest BCUT2D eigenvalue weighted by Crippen LogP contribution is 2.15. The molecule has 0 spiro atoms. The number of fused-ring (bicyclic) bond motifs is 1. The molecule has 0 saturated heterocycles. The summed E-state index contributed by atoms with van der Waals surface area (Å²) in [5.41, 5.74) is 7.15. The van der Waals surface area contributed by atoms with Gasteiger partial charge in [0.15, 0.2) is 11.5 Å². The van der Waals surface area contributed by atoms with Crippen LogP contribution in [0.25, 0.3) is 11.2 Å². The number of aromatic nitrogens is 4. The number of esters is 2. The van der Waals surface area contributed by atoms with Crippen molar-refractivity contribution >= 4 is 23.1 Å². The van der Waals surface area contributed by atoms with Crippen molar-refractivity contribution in [2.24, 2.45) is 11.7 Å². The van der Waals surface area contributed by atoms with Gasteiger partial charge in [0.25, 0.3) is 0 Å². The highest BCUT2D eigenvalue weighted by molar-refractivity contribution is 5.75. The van der Waals surface area contributed by atoms with Crippen molar-refractivity contribution in [1.29, 1.82) is 0 Å². The van der Waals surface area contributed by atoms with Crippen LogP contribution in [0.15, 0.2) is 12.5 Å². The summed E-state index contributed by atoms with van der Waals surface area (Å²) in [6.45, 7) is 5.90. The van der Waals surface area contributed by atoms with Crippen LogP contribution < -0.4 is 5.73 Å². The molecule has 0 radical (unpaired) electrons. The Morgan fingerprint density at radius 3 is 1.91 bits per heavy atom. The fourth-order valence-electron chi connectivity index (χ4n) is 4.97. The molecule has 0 saturated carbocycles. The molecular weight excluding hydrogens is 558 g/mol. The molecule has 2 heterocycles. The molecule has 2 aromatic rings. The summed E-state index contributed by atoms with van der Waals surface area (Å²) in [6.07, 6.45) is 24.9. The third-order valence-corrected chi connectivity index (χ3v) is 7.99. The molecule has 0 amide bonds. The number of carbonyl (C=O) groups excluding carboxylic acids is 2. The summed E-state index contributed by atoms with van der Waals surface area (Å²) in [4.78, 5) is 40.3. The average Bonchev–Trinajstić information content (AvgIpc) is 3.49. The number of hydrogen-bond acceptors (Lipinski definition) is 9. The van der Waals surface area contributed by atoms with E-state index in [0.717, 1.165) is 24.8 Å². The summed E-state index contributed by atoms with van der Waals surface area (Å²) in [6, 6.07) is -0.733. The Balaban J connectivity index is 1.55. The predicted octanol–water partition coefficient (Wildman–Crippen LogP) is 7.35. The number of nitrogens with two attached hydrogens (primary N) is 1. The Bertz CT molecular complexity index is 1030. The van der Waals surface area contributed by atoms with Crippen molar-refractivity contribution < 1.29 is 23.8 Å². The molecule has 44 heavy (non-hydrogen) atoms. The molecule has 1 unspecified atom stereocenters. The summed E-state index contributed by atoms with van der Waals surface area (Å²) in [7, 11) is 0. The molecule has 2 rings (SSSR count). The van der Waals surface area contributed by atoms with E-state index in [0.29, 0.717) is 17.9 Å². The Morgan fingerprint density at radius 1 is 0.795 bits per heavy atom. The smallest absolute Gasteiger partial charge is 0.323 e. The maximum Gasteiger partial charge on any atom is 0.323 e. The van der Waals surface area contributed by atoms with Gasteiger partial charge in [-0.2, -0.15) is 0 Å². The summed E-state index contributed by atoms with van der Waals surface area (Å²) >= 11 is 0. The van der Waals surface area contributed by atoms with Gasteiger partial charge in [-0.1, -0.05) is 124 Å². The molecule has 3 N–H and O–H groups in total. The van der Waals surface area contributed by atoms with Crippen molar-refractivity contribution in [2.45, 2.75) is 155 Å². The summed E-state index contributed by atoms with van der Waals surface area (Å²) in [5, 5.41) is 0. The van der Waals surface area contributed by atoms with Crippen LogP contribution in [0, 0.1) is 5.92 Å². The number of carbonyl (C=O) groups is 2. The molecule has 0 fully saturated rings. The lowest BCUT2D eigenvalue weighted by Crippen LogP contribution is -2.39. The van der Waals surface area contributed by atoms with Crippen molar-refractivity contribution in [3.05, 3.63) is 18.3 Å². The minimum atomic E-state index is -0.733. The lowest BCUT2D eigenvalue weighted by molar-refractivity contribution is -0.157. The zero-order valence-electron chi connectivity index (χ0n) is 27.7. The van der Waals surface area contributed by atoms with Crippen LogP contribution in [0.1, 0.15) is 142 Å². The standard InChI is InChI=1S/C34H59N5O5/c1-4-5-6-7-8-9-10-11-12-13-14-15-16-17-18-19-20-21-31(40)43-23-28(24-44-34(41)32(35)27(2)3)42-25-30-36-22-29-33(39-30)38-26-37-29/h22,26-28,32H,4-21,23-25,35H2,1-3H3,(H,36,37,38,39)/t28?,32-/m0/s1. The number of nitrogens with one attached hydrogen (secondary N) is 1. The second-order valence-corrected chi connectivity index (χ2v) is 12.3. The Labute approximate surface area is 265 Å². The third-order valence-electron chi connectivity index (χ3n) is 7.99. The van der Waals surface area contributed by atoms with Crippen LogP contribution in [0.3, 0.4) is 0 Å². The number of hydrogen-bond donors (Lipinski definition) is 2. The first-order valence-electron chi connectivity index (χ1n) is 17.2. The zero-order valence-corrected chi connectivity index (χ0v) is 27.7. The van der Waals surface area contributed by atoms with Crippen LogP contribution in [0.5, 0.6) is 0 Å². The predicted molar refractivity (Wildman–Crippen MR) is 174 cm³/mol. The van der Waals surface area contributed by atoms with Gasteiger partial charge in [-0.15, -0.1) is 0 Å². The number of nitrogens with zero attached hydrogens (tertiary/aromatic N) is 3. The van der Waals surface area contributed by atoms with Crippen LogP contribution in [0.2, 0.25) is 0 Å². The molecule has 0 aliphatic heterocycles. The van der Waals surface area contributed by atoms with Gasteiger partial charge in [-0.05, 0) is 12.3 Å². The van der Waals surface area contributed by atoms with Gasteiger partial charge in [0.1, 0.15) is 37.5 Å². The van der Waals surface area contributed by atoms with Crippen molar-refractivity contribution in [2.75, 3.05) is 13.2 Å². The first-order chi connectivity index (χ1) is 21.4. The second-order valence-electron chi connectivity index (χ2n) is 12.3. The Hall–Kier alpha value is -2.59. The molecule has 2 atom stereocenters. The number of unbranched alkanes of at least 4 members (excludes halogenated alkanes) is 16. The average molecular weight is 618 g/mol. The lowest BCUT2D eigenvalue weighted by Gasteiger charge is -2.20. The van der Waals surface area contributed by atoms with Gasteiger partial charge >= 0.3 is 11.9 Å². The topological polar surface area (TPSA) is 142 Å². The Kier molecular flexibility index (Phi) is 20.3. The quantitative estimate of drug-likeness (QED) is 0.0777. The van der Waals surface area contributed by atoms with Gasteiger partial charge in [0.2, 0.25) is 0 Å². The molecule has 250 valence electrons. The number of aromatic amines is 1. The largest absolute Gasteiger partial charge is 0.463 e. The summed E-state index contributed by atoms with van der Waals surface area (Å²) in [5.74, 6) is -0.426. The zero-order chi connectivity index (χ0) is 31.8. The monoisotopic (exact) mass is 617 g/mol.